The van der Waals surface area contributed by atoms with Gasteiger partial charge in [-0.1, -0.05) is 12.2 Å². The second-order valence-corrected chi connectivity index (χ2v) is 4.88. The fraction of sp³-hybridized carbons (Fsp3) is 0.714. The summed E-state index contributed by atoms with van der Waals surface area (Å²) in [6, 6.07) is 0. The normalized spacial score (nSPS) is 32.3. The largest absolute Gasteiger partial charge is 0.465 e. The van der Waals surface area contributed by atoms with Crippen LogP contribution in [0.1, 0.15) is 32.6 Å². The molecule has 2 atom stereocenters. The van der Waals surface area contributed by atoms with Crippen molar-refractivity contribution < 1.29 is 19.1 Å². The van der Waals surface area contributed by atoms with Crippen LogP contribution in [0.15, 0.2) is 12.2 Å². The van der Waals surface area contributed by atoms with Gasteiger partial charge in [0.2, 0.25) is 0 Å². The minimum atomic E-state index is -1.09. The van der Waals surface area contributed by atoms with Crippen LogP contribution in [0.25, 0.3) is 0 Å². The fourth-order valence-electron chi connectivity index (χ4n) is 2.82. The van der Waals surface area contributed by atoms with E-state index < -0.39 is 11.4 Å². The number of allylic oxidation sites excluding steroid dienone is 2. The van der Waals surface area contributed by atoms with E-state index in [1.54, 1.807) is 6.92 Å². The Bertz CT molecular complexity index is 361. The maximum atomic E-state index is 12.3. The molecular weight excluding hydrogens is 232 g/mol. The van der Waals surface area contributed by atoms with Crippen LogP contribution in [0, 0.1) is 11.3 Å². The number of esters is 1. The maximum absolute atomic E-state index is 12.3. The number of carbonyl (C=O) groups is 2. The minimum absolute atomic E-state index is 0.0243. The molecule has 0 radical (unpaired) electrons. The summed E-state index contributed by atoms with van der Waals surface area (Å²) in [5.74, 6) is -0.506. The molecule has 0 aromatic heterocycles. The molecule has 18 heavy (non-hydrogen) atoms. The van der Waals surface area contributed by atoms with E-state index in [0.717, 1.165) is 19.3 Å². The average molecular weight is 252 g/mol. The highest BCUT2D eigenvalue weighted by molar-refractivity contribution is 6.05. The summed E-state index contributed by atoms with van der Waals surface area (Å²) in [6.45, 7) is 2.64. The third-order valence-corrected chi connectivity index (χ3v) is 3.83. The fourth-order valence-corrected chi connectivity index (χ4v) is 2.82. The number of ketones is 1. The zero-order valence-corrected chi connectivity index (χ0v) is 10.8. The molecule has 1 heterocycles. The first-order valence-corrected chi connectivity index (χ1v) is 6.66. The Morgan fingerprint density at radius 2 is 2.44 bits per heavy atom. The summed E-state index contributed by atoms with van der Waals surface area (Å²) in [6.07, 6.45) is 7.23. The number of carbonyl (C=O) groups excluding carboxylic acids is 2. The van der Waals surface area contributed by atoms with Gasteiger partial charge in [-0.2, -0.15) is 0 Å². The van der Waals surface area contributed by atoms with E-state index in [1.165, 1.54) is 0 Å². The first-order valence-electron chi connectivity index (χ1n) is 6.66. The van der Waals surface area contributed by atoms with E-state index in [0.29, 0.717) is 19.6 Å². The van der Waals surface area contributed by atoms with E-state index in [4.69, 9.17) is 9.47 Å². The van der Waals surface area contributed by atoms with Gasteiger partial charge in [0.15, 0.2) is 11.2 Å². The summed E-state index contributed by atoms with van der Waals surface area (Å²) < 4.78 is 10.6. The van der Waals surface area contributed by atoms with Crippen molar-refractivity contribution >= 4 is 11.8 Å². The molecular formula is C14H20O4. The van der Waals surface area contributed by atoms with Crippen molar-refractivity contribution in [2.45, 2.75) is 32.6 Å². The van der Waals surface area contributed by atoms with Gasteiger partial charge in [0.05, 0.1) is 19.8 Å². The Labute approximate surface area is 107 Å². The van der Waals surface area contributed by atoms with Crippen LogP contribution in [0.4, 0.5) is 0 Å². The minimum Gasteiger partial charge on any atom is -0.465 e. The molecule has 0 saturated carbocycles. The van der Waals surface area contributed by atoms with Crippen molar-refractivity contribution in [2.24, 2.45) is 11.3 Å². The predicted octanol–water partition coefficient (Wildman–Crippen LogP) is 1.88. The van der Waals surface area contributed by atoms with E-state index in [2.05, 4.69) is 6.08 Å². The Hall–Kier alpha value is -1.16. The maximum Gasteiger partial charge on any atom is 0.322 e. The number of hydrogen-bond acceptors (Lipinski definition) is 4. The lowest BCUT2D eigenvalue weighted by Crippen LogP contribution is -2.52. The topological polar surface area (TPSA) is 52.6 Å². The number of rotatable bonds is 3. The molecule has 0 amide bonds. The molecule has 1 saturated heterocycles. The number of Topliss-reactive ketones (excluding diaryl/α,β-unsaturated/α-hetero) is 1. The van der Waals surface area contributed by atoms with Crippen molar-refractivity contribution in [2.75, 3.05) is 19.8 Å². The molecule has 0 spiro atoms. The quantitative estimate of drug-likeness (QED) is 0.437. The van der Waals surface area contributed by atoms with E-state index in [-0.39, 0.29) is 18.3 Å². The second kappa shape index (κ2) is 5.65. The van der Waals surface area contributed by atoms with Crippen molar-refractivity contribution in [1.29, 1.82) is 0 Å². The highest BCUT2D eigenvalue weighted by atomic mass is 16.5. The van der Waals surface area contributed by atoms with Gasteiger partial charge in [0, 0.05) is 12.3 Å². The molecule has 2 unspecified atom stereocenters. The van der Waals surface area contributed by atoms with Gasteiger partial charge >= 0.3 is 5.97 Å². The molecule has 2 aliphatic rings. The smallest absolute Gasteiger partial charge is 0.322 e. The Morgan fingerprint density at radius 1 is 1.61 bits per heavy atom. The monoisotopic (exact) mass is 252 g/mol. The van der Waals surface area contributed by atoms with Crippen LogP contribution in [-0.2, 0) is 19.1 Å². The van der Waals surface area contributed by atoms with Crippen LogP contribution in [0.2, 0.25) is 0 Å². The number of ether oxygens (including phenoxy) is 2. The van der Waals surface area contributed by atoms with Crippen molar-refractivity contribution in [3.63, 3.8) is 0 Å². The molecule has 0 bridgehead atoms. The highest BCUT2D eigenvalue weighted by Gasteiger charge is 2.53. The molecule has 4 nitrogen and oxygen atoms in total. The summed E-state index contributed by atoms with van der Waals surface area (Å²) in [7, 11) is 0. The van der Waals surface area contributed by atoms with Crippen molar-refractivity contribution in [3.8, 4) is 0 Å². The lowest BCUT2D eigenvalue weighted by Gasteiger charge is -2.39. The molecule has 4 heteroatoms. The third-order valence-electron chi connectivity index (χ3n) is 3.83. The van der Waals surface area contributed by atoms with Gasteiger partial charge in [0.1, 0.15) is 0 Å². The molecule has 100 valence electrons. The number of hydrogen-bond donors (Lipinski definition) is 0. The van der Waals surface area contributed by atoms with Crippen LogP contribution in [0.5, 0.6) is 0 Å². The van der Waals surface area contributed by atoms with Gasteiger partial charge in [-0.3, -0.25) is 9.59 Å². The Balaban J connectivity index is 2.31. The zero-order valence-electron chi connectivity index (χ0n) is 10.8. The van der Waals surface area contributed by atoms with Crippen LogP contribution < -0.4 is 0 Å². The van der Waals surface area contributed by atoms with Gasteiger partial charge in [-0.05, 0) is 26.2 Å². The molecule has 0 aromatic carbocycles. The predicted molar refractivity (Wildman–Crippen MR) is 66.0 cm³/mol. The summed E-state index contributed by atoms with van der Waals surface area (Å²) >= 11 is 0. The first kappa shape index (κ1) is 13.3. The van der Waals surface area contributed by atoms with Gasteiger partial charge in [-0.25, -0.2) is 0 Å². The van der Waals surface area contributed by atoms with Crippen LogP contribution >= 0.6 is 0 Å². The lowest BCUT2D eigenvalue weighted by atomic mass is 9.67. The second-order valence-electron chi connectivity index (χ2n) is 4.88. The zero-order chi connectivity index (χ0) is 13.0. The average Bonchev–Trinajstić information content (AvgIpc) is 2.41. The third kappa shape index (κ3) is 2.21. The lowest BCUT2D eigenvalue weighted by molar-refractivity contribution is -0.173. The first-order chi connectivity index (χ1) is 8.71. The van der Waals surface area contributed by atoms with Crippen LogP contribution in [-0.4, -0.2) is 31.6 Å². The van der Waals surface area contributed by atoms with E-state index >= 15 is 0 Å². The molecule has 0 N–H and O–H groups in total. The summed E-state index contributed by atoms with van der Waals surface area (Å²) in [5.41, 5.74) is -1.09. The Morgan fingerprint density at radius 3 is 3.06 bits per heavy atom. The molecule has 1 fully saturated rings. The van der Waals surface area contributed by atoms with Crippen molar-refractivity contribution in [3.05, 3.63) is 12.2 Å². The summed E-state index contributed by atoms with van der Waals surface area (Å²) in [4.78, 5) is 24.6. The SMILES string of the molecule is CCOC(=O)C1(C2C=CCCC2)COCCC1=O. The van der Waals surface area contributed by atoms with Gasteiger partial charge in [-0.15, -0.1) is 0 Å². The van der Waals surface area contributed by atoms with Gasteiger partial charge < -0.3 is 9.47 Å². The van der Waals surface area contributed by atoms with Gasteiger partial charge in [0.25, 0.3) is 0 Å². The van der Waals surface area contributed by atoms with Crippen molar-refractivity contribution in [1.82, 2.24) is 0 Å². The highest BCUT2D eigenvalue weighted by Crippen LogP contribution is 2.40. The molecule has 0 aromatic rings. The summed E-state index contributed by atoms with van der Waals surface area (Å²) in [5, 5.41) is 0. The standard InChI is InChI=1S/C14H20O4/c1-2-18-13(16)14(10-17-9-8-12(14)15)11-6-4-3-5-7-11/h4,6,11H,2-3,5,7-10H2,1H3. The van der Waals surface area contributed by atoms with E-state index in [9.17, 15) is 9.59 Å². The van der Waals surface area contributed by atoms with E-state index in [1.807, 2.05) is 6.08 Å². The molecule has 1 aliphatic carbocycles. The molecule has 1 aliphatic heterocycles. The molecule has 2 rings (SSSR count). The van der Waals surface area contributed by atoms with Crippen LogP contribution in [0.3, 0.4) is 0 Å². The Kier molecular flexibility index (Phi) is 4.17.